The lowest BCUT2D eigenvalue weighted by Crippen LogP contribution is -2.55. The standard InChI is InChI=1S/C16H22F3N3O3/c1-15(2,22-5-7-24-8-6-22)10-21-14(23)12-3-4-13(20-9-12)25-11-16(17,18)19/h3-4,9H,5-8,10-11H2,1-2H3,(H,21,23). The van der Waals surface area contributed by atoms with Gasteiger partial charge in [0.1, 0.15) is 0 Å². The van der Waals surface area contributed by atoms with Crippen molar-refractivity contribution < 1.29 is 27.4 Å². The van der Waals surface area contributed by atoms with Gasteiger partial charge in [-0.15, -0.1) is 0 Å². The van der Waals surface area contributed by atoms with E-state index in [2.05, 4.69) is 19.9 Å². The van der Waals surface area contributed by atoms with Gasteiger partial charge in [-0.05, 0) is 19.9 Å². The van der Waals surface area contributed by atoms with Crippen LogP contribution in [0.1, 0.15) is 24.2 Å². The van der Waals surface area contributed by atoms with Gasteiger partial charge in [0.05, 0.1) is 18.8 Å². The van der Waals surface area contributed by atoms with Gasteiger partial charge in [0, 0.05) is 37.4 Å². The number of pyridine rings is 1. The van der Waals surface area contributed by atoms with E-state index in [1.54, 1.807) is 0 Å². The molecule has 9 heteroatoms. The molecule has 0 saturated carbocycles. The minimum absolute atomic E-state index is 0.178. The first-order valence-corrected chi connectivity index (χ1v) is 7.94. The third-order valence-electron chi connectivity index (χ3n) is 3.93. The summed E-state index contributed by atoms with van der Waals surface area (Å²) in [6.45, 7) is 6.01. The van der Waals surface area contributed by atoms with Crippen molar-refractivity contribution in [3.8, 4) is 5.88 Å². The molecule has 0 unspecified atom stereocenters. The number of hydrogen-bond acceptors (Lipinski definition) is 5. The lowest BCUT2D eigenvalue weighted by atomic mass is 10.0. The molecule has 2 heterocycles. The number of hydrogen-bond donors (Lipinski definition) is 1. The topological polar surface area (TPSA) is 63.7 Å². The van der Waals surface area contributed by atoms with E-state index in [4.69, 9.17) is 4.74 Å². The van der Waals surface area contributed by atoms with Gasteiger partial charge in [-0.2, -0.15) is 13.2 Å². The number of ether oxygens (including phenoxy) is 2. The molecule has 0 radical (unpaired) electrons. The number of morpholine rings is 1. The first-order valence-electron chi connectivity index (χ1n) is 7.94. The SMILES string of the molecule is CC(C)(CNC(=O)c1ccc(OCC(F)(F)F)nc1)N1CCOCC1. The molecule has 140 valence electrons. The van der Waals surface area contributed by atoms with Crippen molar-refractivity contribution in [2.75, 3.05) is 39.5 Å². The normalized spacial score (nSPS) is 16.5. The second-order valence-corrected chi connectivity index (χ2v) is 6.38. The number of aromatic nitrogens is 1. The Morgan fingerprint density at radius 2 is 2.00 bits per heavy atom. The van der Waals surface area contributed by atoms with Crippen molar-refractivity contribution in [3.63, 3.8) is 0 Å². The average Bonchev–Trinajstić information content (AvgIpc) is 2.58. The summed E-state index contributed by atoms with van der Waals surface area (Å²) in [6.07, 6.45) is -3.23. The molecule has 0 spiro atoms. The molecule has 25 heavy (non-hydrogen) atoms. The van der Waals surface area contributed by atoms with E-state index in [1.807, 2.05) is 13.8 Å². The van der Waals surface area contributed by atoms with E-state index in [-0.39, 0.29) is 22.9 Å². The highest BCUT2D eigenvalue weighted by Gasteiger charge is 2.29. The Hall–Kier alpha value is -1.87. The van der Waals surface area contributed by atoms with Crippen LogP contribution in [0.3, 0.4) is 0 Å². The van der Waals surface area contributed by atoms with E-state index in [0.29, 0.717) is 19.8 Å². The summed E-state index contributed by atoms with van der Waals surface area (Å²) in [5, 5.41) is 2.83. The molecule has 2 rings (SSSR count). The molecule has 1 aliphatic heterocycles. The van der Waals surface area contributed by atoms with Crippen molar-refractivity contribution >= 4 is 5.91 Å². The van der Waals surface area contributed by atoms with E-state index < -0.39 is 12.8 Å². The molecule has 1 amide bonds. The Balaban J connectivity index is 1.85. The Labute approximate surface area is 144 Å². The maximum atomic E-state index is 12.2. The maximum Gasteiger partial charge on any atom is 0.422 e. The van der Waals surface area contributed by atoms with Gasteiger partial charge in [0.15, 0.2) is 6.61 Å². The van der Waals surface area contributed by atoms with E-state index >= 15 is 0 Å². The lowest BCUT2D eigenvalue weighted by molar-refractivity contribution is -0.154. The highest BCUT2D eigenvalue weighted by Crippen LogP contribution is 2.18. The van der Waals surface area contributed by atoms with E-state index in [0.717, 1.165) is 13.1 Å². The van der Waals surface area contributed by atoms with Crippen LogP contribution >= 0.6 is 0 Å². The number of carbonyl (C=O) groups excluding carboxylic acids is 1. The number of nitrogens with zero attached hydrogens (tertiary/aromatic N) is 2. The largest absolute Gasteiger partial charge is 0.468 e. The maximum absolute atomic E-state index is 12.2. The van der Waals surface area contributed by atoms with Gasteiger partial charge in [0.2, 0.25) is 5.88 Å². The lowest BCUT2D eigenvalue weighted by Gasteiger charge is -2.40. The fourth-order valence-corrected chi connectivity index (χ4v) is 2.43. The third kappa shape index (κ3) is 6.17. The van der Waals surface area contributed by atoms with Crippen LogP contribution in [0.5, 0.6) is 5.88 Å². The van der Waals surface area contributed by atoms with Crippen LogP contribution in [-0.4, -0.2) is 67.0 Å². The summed E-state index contributed by atoms with van der Waals surface area (Å²) in [5.41, 5.74) is 0.0277. The quantitative estimate of drug-likeness (QED) is 0.838. The van der Waals surface area contributed by atoms with Crippen LogP contribution in [0.25, 0.3) is 0 Å². The second-order valence-electron chi connectivity index (χ2n) is 6.38. The Bertz CT molecular complexity index is 570. The van der Waals surface area contributed by atoms with Gasteiger partial charge < -0.3 is 14.8 Å². The molecule has 1 fully saturated rings. The van der Waals surface area contributed by atoms with Crippen molar-refractivity contribution in [2.45, 2.75) is 25.6 Å². The smallest absolute Gasteiger partial charge is 0.422 e. The summed E-state index contributed by atoms with van der Waals surface area (Å²) in [6, 6.07) is 2.63. The summed E-state index contributed by atoms with van der Waals surface area (Å²) < 4.78 is 46.1. The molecular weight excluding hydrogens is 339 g/mol. The summed E-state index contributed by atoms with van der Waals surface area (Å²) in [4.78, 5) is 18.2. The molecule has 0 aliphatic carbocycles. The summed E-state index contributed by atoms with van der Waals surface area (Å²) in [7, 11) is 0. The van der Waals surface area contributed by atoms with Gasteiger partial charge in [-0.3, -0.25) is 9.69 Å². The number of alkyl halides is 3. The van der Waals surface area contributed by atoms with Crippen molar-refractivity contribution in [1.29, 1.82) is 0 Å². The molecule has 1 saturated heterocycles. The number of carbonyl (C=O) groups is 1. The van der Waals surface area contributed by atoms with Crippen LogP contribution in [-0.2, 0) is 4.74 Å². The second kappa shape index (κ2) is 8.01. The van der Waals surface area contributed by atoms with Crippen LogP contribution < -0.4 is 10.1 Å². The minimum Gasteiger partial charge on any atom is -0.468 e. The van der Waals surface area contributed by atoms with Crippen molar-refractivity contribution in [1.82, 2.24) is 15.2 Å². The molecule has 6 nitrogen and oxygen atoms in total. The summed E-state index contributed by atoms with van der Waals surface area (Å²) >= 11 is 0. The van der Waals surface area contributed by atoms with Crippen LogP contribution in [0.4, 0.5) is 13.2 Å². The highest BCUT2D eigenvalue weighted by atomic mass is 19.4. The molecule has 1 aromatic rings. The molecule has 1 N–H and O–H groups in total. The van der Waals surface area contributed by atoms with Crippen molar-refractivity contribution in [3.05, 3.63) is 23.9 Å². The molecule has 1 aromatic heterocycles. The van der Waals surface area contributed by atoms with E-state index in [9.17, 15) is 18.0 Å². The molecule has 1 aliphatic rings. The number of nitrogens with one attached hydrogen (secondary N) is 1. The van der Waals surface area contributed by atoms with Crippen LogP contribution in [0.15, 0.2) is 18.3 Å². The van der Waals surface area contributed by atoms with Gasteiger partial charge in [-0.1, -0.05) is 0 Å². The molecular formula is C16H22F3N3O3. The fourth-order valence-electron chi connectivity index (χ4n) is 2.43. The zero-order valence-electron chi connectivity index (χ0n) is 14.2. The van der Waals surface area contributed by atoms with Crippen molar-refractivity contribution in [2.24, 2.45) is 0 Å². The third-order valence-corrected chi connectivity index (χ3v) is 3.93. The Morgan fingerprint density at radius 1 is 1.32 bits per heavy atom. The van der Waals surface area contributed by atoms with Gasteiger partial charge >= 0.3 is 6.18 Å². The number of amides is 1. The molecule has 0 bridgehead atoms. The Morgan fingerprint density at radius 3 is 2.56 bits per heavy atom. The van der Waals surface area contributed by atoms with Gasteiger partial charge in [0.25, 0.3) is 5.91 Å². The number of halogens is 3. The first kappa shape index (κ1) is 19.5. The minimum atomic E-state index is -4.43. The average molecular weight is 361 g/mol. The van der Waals surface area contributed by atoms with Crippen LogP contribution in [0, 0.1) is 0 Å². The zero-order chi connectivity index (χ0) is 18.5. The highest BCUT2D eigenvalue weighted by molar-refractivity contribution is 5.93. The summed E-state index contributed by atoms with van der Waals surface area (Å²) in [5.74, 6) is -0.515. The predicted molar refractivity (Wildman–Crippen MR) is 84.6 cm³/mol. The predicted octanol–water partition coefficient (Wildman–Crippen LogP) is 1.86. The fraction of sp³-hybridized carbons (Fsp3) is 0.625. The zero-order valence-corrected chi connectivity index (χ0v) is 14.2. The molecule has 0 atom stereocenters. The van der Waals surface area contributed by atoms with Crippen LogP contribution in [0.2, 0.25) is 0 Å². The monoisotopic (exact) mass is 361 g/mol. The van der Waals surface area contributed by atoms with Gasteiger partial charge in [-0.25, -0.2) is 4.98 Å². The number of rotatable bonds is 6. The molecule has 0 aromatic carbocycles. The Kier molecular flexibility index (Phi) is 6.23. The first-order chi connectivity index (χ1) is 11.7. The van der Waals surface area contributed by atoms with E-state index in [1.165, 1.54) is 18.3 Å².